The summed E-state index contributed by atoms with van der Waals surface area (Å²) in [6.07, 6.45) is 2.06. The molecule has 4 nitrogen and oxygen atoms in total. The third kappa shape index (κ3) is 3.66. The fraction of sp³-hybridized carbons (Fsp3) is 0.174. The molecule has 2 aromatic carbocycles. The molecule has 0 saturated carbocycles. The van der Waals surface area contributed by atoms with Gasteiger partial charge in [-0.3, -0.25) is 4.79 Å². The molecule has 5 heteroatoms. The average molecular weight is 390 g/mol. The van der Waals surface area contributed by atoms with E-state index in [4.69, 9.17) is 0 Å². The van der Waals surface area contributed by atoms with Gasteiger partial charge in [-0.2, -0.15) is 11.3 Å². The van der Waals surface area contributed by atoms with Crippen LogP contribution >= 0.6 is 11.3 Å². The van der Waals surface area contributed by atoms with Crippen molar-refractivity contribution in [2.75, 3.05) is 25.5 Å². The number of anilines is 1. The first-order valence-electron chi connectivity index (χ1n) is 9.27. The van der Waals surface area contributed by atoms with Crippen molar-refractivity contribution in [3.8, 4) is 0 Å². The molecule has 0 spiro atoms. The molecular weight excluding hydrogens is 366 g/mol. The van der Waals surface area contributed by atoms with E-state index in [-0.39, 0.29) is 11.8 Å². The molecule has 0 aliphatic heterocycles. The Balaban J connectivity index is 1.67. The second-order valence-electron chi connectivity index (χ2n) is 7.05. The lowest BCUT2D eigenvalue weighted by Crippen LogP contribution is -2.28. The molecule has 2 heterocycles. The maximum Gasteiger partial charge on any atom is 0.252 e. The minimum Gasteiger partial charge on any atom is -0.378 e. The van der Waals surface area contributed by atoms with Crippen molar-refractivity contribution < 1.29 is 4.79 Å². The number of benzene rings is 2. The molecule has 4 aromatic rings. The van der Waals surface area contributed by atoms with Gasteiger partial charge >= 0.3 is 0 Å². The smallest absolute Gasteiger partial charge is 0.252 e. The number of amides is 1. The van der Waals surface area contributed by atoms with Crippen LogP contribution in [0.1, 0.15) is 27.4 Å². The van der Waals surface area contributed by atoms with Gasteiger partial charge in [-0.15, -0.1) is 0 Å². The van der Waals surface area contributed by atoms with Crippen molar-refractivity contribution in [1.82, 2.24) is 10.3 Å². The van der Waals surface area contributed by atoms with Crippen molar-refractivity contribution >= 4 is 33.8 Å². The highest BCUT2D eigenvalue weighted by Gasteiger charge is 2.19. The summed E-state index contributed by atoms with van der Waals surface area (Å²) in [5, 5.41) is 8.11. The quantitative estimate of drug-likeness (QED) is 0.495. The highest BCUT2D eigenvalue weighted by molar-refractivity contribution is 7.08. The van der Waals surface area contributed by atoms with Crippen LogP contribution in [-0.2, 0) is 0 Å². The van der Waals surface area contributed by atoms with E-state index in [0.717, 1.165) is 11.2 Å². The van der Waals surface area contributed by atoms with Crippen LogP contribution in [0.15, 0.2) is 71.6 Å². The van der Waals surface area contributed by atoms with Crippen molar-refractivity contribution in [2.45, 2.75) is 5.92 Å². The van der Waals surface area contributed by atoms with E-state index in [1.54, 1.807) is 0 Å². The predicted octanol–water partition coefficient (Wildman–Crippen LogP) is 4.86. The van der Waals surface area contributed by atoms with Crippen LogP contribution in [0.3, 0.4) is 0 Å². The van der Waals surface area contributed by atoms with Gasteiger partial charge in [0.15, 0.2) is 0 Å². The third-order valence-corrected chi connectivity index (χ3v) is 5.74. The number of rotatable bonds is 6. The summed E-state index contributed by atoms with van der Waals surface area (Å²) in [6, 6.07) is 18.7. The molecule has 0 radical (unpaired) electrons. The summed E-state index contributed by atoms with van der Waals surface area (Å²) < 4.78 is 0. The summed E-state index contributed by atoms with van der Waals surface area (Å²) in [5.74, 6) is 0.0333. The van der Waals surface area contributed by atoms with Gasteiger partial charge in [-0.1, -0.05) is 30.3 Å². The van der Waals surface area contributed by atoms with E-state index in [2.05, 4.69) is 63.9 Å². The number of nitrogens with one attached hydrogen (secondary N) is 2. The highest BCUT2D eigenvalue weighted by Crippen LogP contribution is 2.31. The van der Waals surface area contributed by atoms with Crippen molar-refractivity contribution in [2.24, 2.45) is 0 Å². The Morgan fingerprint density at radius 3 is 2.61 bits per heavy atom. The monoisotopic (exact) mass is 389 g/mol. The predicted molar refractivity (Wildman–Crippen MR) is 118 cm³/mol. The number of thiophene rings is 1. The lowest BCUT2D eigenvalue weighted by atomic mass is 9.90. The van der Waals surface area contributed by atoms with Gasteiger partial charge in [-0.25, -0.2) is 0 Å². The molecule has 28 heavy (non-hydrogen) atoms. The zero-order valence-corrected chi connectivity index (χ0v) is 16.8. The molecule has 0 aliphatic carbocycles. The normalized spacial score (nSPS) is 12.1. The maximum atomic E-state index is 12.5. The van der Waals surface area contributed by atoms with Crippen LogP contribution in [0, 0.1) is 0 Å². The van der Waals surface area contributed by atoms with Crippen LogP contribution in [0.2, 0.25) is 0 Å². The lowest BCUT2D eigenvalue weighted by molar-refractivity contribution is 0.0953. The Morgan fingerprint density at radius 1 is 1.11 bits per heavy atom. The molecule has 0 fully saturated rings. The second-order valence-corrected chi connectivity index (χ2v) is 7.83. The molecule has 1 atom stereocenters. The van der Waals surface area contributed by atoms with Gasteiger partial charge in [-0.05, 0) is 40.8 Å². The summed E-state index contributed by atoms with van der Waals surface area (Å²) >= 11 is 1.53. The standard InChI is InChI=1S/C23H23N3OS/c1-26(2)18-9-7-16(8-10-18)20(13-25-23(27)17-11-12-28-15-17)21-14-24-22-6-4-3-5-19(21)22/h3-12,14-15,20,24H,13H2,1-2H3,(H,25,27). The van der Waals surface area contributed by atoms with E-state index in [1.807, 2.05) is 37.0 Å². The zero-order valence-electron chi connectivity index (χ0n) is 16.0. The average Bonchev–Trinajstić information content (AvgIpc) is 3.39. The van der Waals surface area contributed by atoms with Gasteiger partial charge in [0.25, 0.3) is 5.91 Å². The second kappa shape index (κ2) is 7.90. The molecule has 2 aromatic heterocycles. The van der Waals surface area contributed by atoms with E-state index >= 15 is 0 Å². The molecule has 1 amide bonds. The first-order chi connectivity index (χ1) is 13.6. The largest absolute Gasteiger partial charge is 0.378 e. The van der Waals surface area contributed by atoms with Gasteiger partial charge in [0, 0.05) is 60.3 Å². The van der Waals surface area contributed by atoms with E-state index in [9.17, 15) is 4.79 Å². The molecule has 0 bridgehead atoms. The number of H-pyrrole nitrogens is 1. The number of para-hydroxylation sites is 1. The Bertz CT molecular complexity index is 1060. The first kappa shape index (κ1) is 18.3. The molecule has 0 saturated heterocycles. The van der Waals surface area contributed by atoms with E-state index < -0.39 is 0 Å². The number of aromatic amines is 1. The summed E-state index contributed by atoms with van der Waals surface area (Å²) in [7, 11) is 4.07. The number of nitrogens with zero attached hydrogens (tertiary/aromatic N) is 1. The maximum absolute atomic E-state index is 12.5. The number of hydrogen-bond donors (Lipinski definition) is 2. The topological polar surface area (TPSA) is 48.1 Å². The molecular formula is C23H23N3OS. The highest BCUT2D eigenvalue weighted by atomic mass is 32.1. The molecule has 2 N–H and O–H groups in total. The lowest BCUT2D eigenvalue weighted by Gasteiger charge is -2.20. The fourth-order valence-corrected chi connectivity index (χ4v) is 4.12. The van der Waals surface area contributed by atoms with Crippen LogP contribution in [-0.4, -0.2) is 31.5 Å². The third-order valence-electron chi connectivity index (χ3n) is 5.06. The van der Waals surface area contributed by atoms with Gasteiger partial charge in [0.1, 0.15) is 0 Å². The minimum absolute atomic E-state index is 0.0315. The SMILES string of the molecule is CN(C)c1ccc(C(CNC(=O)c2ccsc2)c2c[nH]c3ccccc23)cc1. The van der Waals surface area contributed by atoms with Crippen LogP contribution in [0.4, 0.5) is 5.69 Å². The van der Waals surface area contributed by atoms with Crippen molar-refractivity contribution in [3.05, 3.63) is 88.2 Å². The number of carbonyl (C=O) groups excluding carboxylic acids is 1. The summed E-state index contributed by atoms with van der Waals surface area (Å²) in [6.45, 7) is 0.540. The van der Waals surface area contributed by atoms with Crippen LogP contribution < -0.4 is 10.2 Å². The minimum atomic E-state index is -0.0315. The Morgan fingerprint density at radius 2 is 1.89 bits per heavy atom. The molecule has 0 aliphatic rings. The van der Waals surface area contributed by atoms with Crippen LogP contribution in [0.25, 0.3) is 10.9 Å². The summed E-state index contributed by atoms with van der Waals surface area (Å²) in [5.41, 5.74) is 5.35. The number of carbonyl (C=O) groups is 1. The Kier molecular flexibility index (Phi) is 5.17. The molecule has 142 valence electrons. The van der Waals surface area contributed by atoms with Crippen molar-refractivity contribution in [1.29, 1.82) is 0 Å². The number of hydrogen-bond acceptors (Lipinski definition) is 3. The van der Waals surface area contributed by atoms with E-state index in [0.29, 0.717) is 12.1 Å². The van der Waals surface area contributed by atoms with E-state index in [1.165, 1.54) is 27.8 Å². The Hall–Kier alpha value is -3.05. The molecule has 4 rings (SSSR count). The summed E-state index contributed by atoms with van der Waals surface area (Å²) in [4.78, 5) is 17.9. The van der Waals surface area contributed by atoms with Crippen molar-refractivity contribution in [3.63, 3.8) is 0 Å². The van der Waals surface area contributed by atoms with Gasteiger partial charge < -0.3 is 15.2 Å². The first-order valence-corrected chi connectivity index (χ1v) is 10.2. The van der Waals surface area contributed by atoms with Gasteiger partial charge in [0.2, 0.25) is 0 Å². The fourth-order valence-electron chi connectivity index (χ4n) is 3.48. The Labute approximate surface area is 168 Å². The number of fused-ring (bicyclic) bond motifs is 1. The van der Waals surface area contributed by atoms with Gasteiger partial charge in [0.05, 0.1) is 0 Å². The zero-order chi connectivity index (χ0) is 19.5. The number of aromatic nitrogens is 1. The van der Waals surface area contributed by atoms with Crippen LogP contribution in [0.5, 0.6) is 0 Å². The molecule has 1 unspecified atom stereocenters.